The van der Waals surface area contributed by atoms with Crippen LogP contribution in [-0.4, -0.2) is 33.4 Å². The highest BCUT2D eigenvalue weighted by Crippen LogP contribution is 2.31. The molecular formula is C24H28N6O. The molecule has 0 saturated heterocycles. The Morgan fingerprint density at radius 1 is 1.03 bits per heavy atom. The first-order valence-corrected chi connectivity index (χ1v) is 10.4. The lowest BCUT2D eigenvalue weighted by atomic mass is 10.00. The number of nitrogens with one attached hydrogen (secondary N) is 1. The van der Waals surface area contributed by atoms with E-state index in [9.17, 15) is 0 Å². The lowest BCUT2D eigenvalue weighted by Gasteiger charge is -2.10. The molecule has 2 heterocycles. The number of nitrogens with zero attached hydrogens (tertiary/aromatic N) is 4. The number of benzene rings is 2. The fraction of sp³-hybridized carbons (Fsp3) is 0.292. The molecule has 3 N–H and O–H groups in total. The van der Waals surface area contributed by atoms with Crippen LogP contribution in [0, 0.1) is 0 Å². The van der Waals surface area contributed by atoms with Crippen molar-refractivity contribution in [2.75, 3.05) is 24.7 Å². The van der Waals surface area contributed by atoms with Crippen molar-refractivity contribution in [1.29, 1.82) is 0 Å². The number of anilines is 2. The first-order valence-electron chi connectivity index (χ1n) is 10.4. The summed E-state index contributed by atoms with van der Waals surface area (Å²) >= 11 is 0. The van der Waals surface area contributed by atoms with Gasteiger partial charge < -0.3 is 15.8 Å². The van der Waals surface area contributed by atoms with Crippen LogP contribution in [0.5, 0.6) is 5.75 Å². The minimum atomic E-state index is 0.470. The van der Waals surface area contributed by atoms with E-state index in [2.05, 4.69) is 65.6 Å². The Hall–Kier alpha value is -3.61. The number of aryl methyl sites for hydroxylation is 1. The van der Waals surface area contributed by atoms with E-state index in [1.54, 1.807) is 11.8 Å². The summed E-state index contributed by atoms with van der Waals surface area (Å²) < 4.78 is 6.86. The quantitative estimate of drug-likeness (QED) is 0.464. The molecule has 31 heavy (non-hydrogen) atoms. The van der Waals surface area contributed by atoms with Gasteiger partial charge in [-0.25, -0.2) is 4.98 Å². The summed E-state index contributed by atoms with van der Waals surface area (Å²) in [6.45, 7) is 5.07. The summed E-state index contributed by atoms with van der Waals surface area (Å²) in [4.78, 5) is 9.40. The van der Waals surface area contributed by atoms with Crippen LogP contribution in [0.15, 0.2) is 48.5 Å². The molecule has 0 bridgehead atoms. The van der Waals surface area contributed by atoms with Crippen LogP contribution >= 0.6 is 0 Å². The molecule has 0 aliphatic carbocycles. The van der Waals surface area contributed by atoms with Crippen molar-refractivity contribution in [1.82, 2.24) is 19.7 Å². The van der Waals surface area contributed by atoms with E-state index >= 15 is 0 Å². The standard InChI is InChI=1S/C24H28N6O/c1-15(2)17-7-9-18(10-8-17)21-20-22(25)30(3)29-23(20)28-24(27-21)26-14-13-16-5-11-19(31-4)12-6-16/h5-12,15H,13-14,25H2,1-4H3,(H,26,28,29). The highest BCUT2D eigenvalue weighted by molar-refractivity contribution is 5.98. The third-order valence-corrected chi connectivity index (χ3v) is 5.45. The van der Waals surface area contributed by atoms with Crippen molar-refractivity contribution in [3.8, 4) is 17.0 Å². The second-order valence-corrected chi connectivity index (χ2v) is 7.90. The SMILES string of the molecule is COc1ccc(CCNc2nc(-c3ccc(C(C)C)cc3)c3c(N)n(C)nc3n2)cc1. The van der Waals surface area contributed by atoms with Gasteiger partial charge in [-0.2, -0.15) is 10.1 Å². The van der Waals surface area contributed by atoms with Gasteiger partial charge in [-0.15, -0.1) is 0 Å². The van der Waals surface area contributed by atoms with Crippen LogP contribution in [0.25, 0.3) is 22.3 Å². The van der Waals surface area contributed by atoms with Crippen LogP contribution in [0.2, 0.25) is 0 Å². The third kappa shape index (κ3) is 4.30. The highest BCUT2D eigenvalue weighted by atomic mass is 16.5. The number of hydrogen-bond acceptors (Lipinski definition) is 6. The number of nitrogen functional groups attached to an aromatic ring is 1. The van der Waals surface area contributed by atoms with Gasteiger partial charge in [0.25, 0.3) is 0 Å². The molecule has 7 nitrogen and oxygen atoms in total. The van der Waals surface area contributed by atoms with Gasteiger partial charge in [-0.1, -0.05) is 50.2 Å². The van der Waals surface area contributed by atoms with Gasteiger partial charge in [-0.3, -0.25) is 4.68 Å². The van der Waals surface area contributed by atoms with Crippen LogP contribution in [0.1, 0.15) is 30.9 Å². The smallest absolute Gasteiger partial charge is 0.225 e. The normalized spacial score (nSPS) is 11.3. The number of nitrogens with two attached hydrogens (primary N) is 1. The van der Waals surface area contributed by atoms with Gasteiger partial charge >= 0.3 is 0 Å². The molecule has 0 saturated carbocycles. The molecule has 4 aromatic rings. The van der Waals surface area contributed by atoms with E-state index in [-0.39, 0.29) is 0 Å². The maximum atomic E-state index is 6.29. The molecule has 160 valence electrons. The zero-order valence-electron chi connectivity index (χ0n) is 18.4. The van der Waals surface area contributed by atoms with E-state index in [0.717, 1.165) is 28.8 Å². The van der Waals surface area contributed by atoms with Crippen molar-refractivity contribution < 1.29 is 4.74 Å². The van der Waals surface area contributed by atoms with Crippen molar-refractivity contribution in [3.05, 3.63) is 59.7 Å². The molecule has 0 unspecified atom stereocenters. The molecular weight excluding hydrogens is 388 g/mol. The number of aromatic nitrogens is 4. The van der Waals surface area contributed by atoms with E-state index in [4.69, 9.17) is 15.5 Å². The number of fused-ring (bicyclic) bond motifs is 1. The minimum Gasteiger partial charge on any atom is -0.497 e. The predicted molar refractivity (Wildman–Crippen MR) is 125 cm³/mol. The van der Waals surface area contributed by atoms with E-state index in [0.29, 0.717) is 29.9 Å². The number of ether oxygens (including phenoxy) is 1. The largest absolute Gasteiger partial charge is 0.497 e. The Bertz CT molecular complexity index is 1180. The summed E-state index contributed by atoms with van der Waals surface area (Å²) in [6.07, 6.45) is 0.841. The Kier molecular flexibility index (Phi) is 5.75. The van der Waals surface area contributed by atoms with Crippen LogP contribution in [0.3, 0.4) is 0 Å². The summed E-state index contributed by atoms with van der Waals surface area (Å²) in [6, 6.07) is 16.5. The van der Waals surface area contributed by atoms with Crippen LogP contribution in [-0.2, 0) is 13.5 Å². The first-order chi connectivity index (χ1) is 15.0. The van der Waals surface area contributed by atoms with E-state index < -0.39 is 0 Å². The summed E-state index contributed by atoms with van der Waals surface area (Å²) in [5, 5.41) is 8.59. The lowest BCUT2D eigenvalue weighted by Crippen LogP contribution is -2.09. The molecule has 0 spiro atoms. The Morgan fingerprint density at radius 2 is 1.74 bits per heavy atom. The van der Waals surface area contributed by atoms with Crippen molar-refractivity contribution >= 4 is 22.8 Å². The predicted octanol–water partition coefficient (Wildman–Crippen LogP) is 4.40. The Balaban J connectivity index is 1.62. The zero-order chi connectivity index (χ0) is 22.0. The topological polar surface area (TPSA) is 90.9 Å². The second kappa shape index (κ2) is 8.63. The maximum Gasteiger partial charge on any atom is 0.225 e. The van der Waals surface area contributed by atoms with Crippen molar-refractivity contribution in [2.24, 2.45) is 7.05 Å². The fourth-order valence-corrected chi connectivity index (χ4v) is 3.54. The summed E-state index contributed by atoms with van der Waals surface area (Å²) in [7, 11) is 3.49. The van der Waals surface area contributed by atoms with Crippen LogP contribution < -0.4 is 15.8 Å². The number of hydrogen-bond donors (Lipinski definition) is 2. The van der Waals surface area contributed by atoms with E-state index in [1.165, 1.54) is 11.1 Å². The average Bonchev–Trinajstić information content (AvgIpc) is 3.07. The molecule has 0 atom stereocenters. The second-order valence-electron chi connectivity index (χ2n) is 7.90. The minimum absolute atomic E-state index is 0.470. The van der Waals surface area contributed by atoms with Gasteiger partial charge in [0.15, 0.2) is 5.65 Å². The molecule has 7 heteroatoms. The van der Waals surface area contributed by atoms with Gasteiger partial charge in [0.05, 0.1) is 18.2 Å². The van der Waals surface area contributed by atoms with Crippen LogP contribution in [0.4, 0.5) is 11.8 Å². The molecule has 4 rings (SSSR count). The van der Waals surface area contributed by atoms with Gasteiger partial charge in [-0.05, 0) is 35.6 Å². The Labute approximate surface area is 182 Å². The molecule has 0 fully saturated rings. The molecule has 2 aromatic heterocycles. The Morgan fingerprint density at radius 3 is 2.39 bits per heavy atom. The van der Waals surface area contributed by atoms with Gasteiger partial charge in [0.1, 0.15) is 11.6 Å². The fourth-order valence-electron chi connectivity index (χ4n) is 3.54. The molecule has 2 aromatic carbocycles. The number of rotatable bonds is 7. The summed E-state index contributed by atoms with van der Waals surface area (Å²) in [5.74, 6) is 2.43. The van der Waals surface area contributed by atoms with Crippen molar-refractivity contribution in [3.63, 3.8) is 0 Å². The molecule has 0 aliphatic heterocycles. The first kappa shape index (κ1) is 20.7. The van der Waals surface area contributed by atoms with E-state index in [1.807, 2.05) is 19.2 Å². The maximum absolute atomic E-state index is 6.29. The zero-order valence-corrected chi connectivity index (χ0v) is 18.4. The highest BCUT2D eigenvalue weighted by Gasteiger charge is 2.17. The lowest BCUT2D eigenvalue weighted by molar-refractivity contribution is 0.414. The van der Waals surface area contributed by atoms with Gasteiger partial charge in [0, 0.05) is 19.2 Å². The number of methoxy groups -OCH3 is 1. The van der Waals surface area contributed by atoms with Crippen molar-refractivity contribution in [2.45, 2.75) is 26.2 Å². The average molecular weight is 417 g/mol. The third-order valence-electron chi connectivity index (χ3n) is 5.45. The molecule has 0 radical (unpaired) electrons. The molecule has 0 amide bonds. The summed E-state index contributed by atoms with van der Waals surface area (Å²) in [5.41, 5.74) is 11.2. The monoisotopic (exact) mass is 416 g/mol. The molecule has 0 aliphatic rings. The van der Waals surface area contributed by atoms with Gasteiger partial charge in [0.2, 0.25) is 5.95 Å².